The molecule has 1 N–H and O–H groups in total. The van der Waals surface area contributed by atoms with Gasteiger partial charge in [0.25, 0.3) is 0 Å². The van der Waals surface area contributed by atoms with Crippen molar-refractivity contribution in [1.82, 2.24) is 9.78 Å². The summed E-state index contributed by atoms with van der Waals surface area (Å²) in [5.74, 6) is -0.0811. The Morgan fingerprint density at radius 1 is 1.45 bits per heavy atom. The van der Waals surface area contributed by atoms with E-state index in [2.05, 4.69) is 21.0 Å². The zero-order chi connectivity index (χ0) is 14.7. The van der Waals surface area contributed by atoms with Crippen LogP contribution in [0.1, 0.15) is 12.1 Å². The number of rotatable bonds is 5. The van der Waals surface area contributed by atoms with Gasteiger partial charge in [0, 0.05) is 19.0 Å². The maximum Gasteiger partial charge on any atom is 0.303 e. The number of aromatic nitrogens is 2. The van der Waals surface area contributed by atoms with Crippen molar-refractivity contribution < 1.29 is 14.6 Å². The van der Waals surface area contributed by atoms with Crippen LogP contribution in [0.5, 0.6) is 5.75 Å². The maximum absolute atomic E-state index is 10.7. The number of nitrogens with zero attached hydrogens (tertiary/aromatic N) is 2. The predicted molar refractivity (Wildman–Crippen MR) is 78.9 cm³/mol. The number of benzene rings is 1. The van der Waals surface area contributed by atoms with Crippen LogP contribution in [-0.4, -0.2) is 28.0 Å². The van der Waals surface area contributed by atoms with E-state index >= 15 is 0 Å². The van der Waals surface area contributed by atoms with Crippen molar-refractivity contribution in [1.29, 1.82) is 0 Å². The Morgan fingerprint density at radius 2 is 2.15 bits per heavy atom. The summed E-state index contributed by atoms with van der Waals surface area (Å²) in [6, 6.07) is 7.65. The summed E-state index contributed by atoms with van der Waals surface area (Å²) in [5.41, 5.74) is 2.53. The smallest absolute Gasteiger partial charge is 0.303 e. The van der Waals surface area contributed by atoms with Gasteiger partial charge in [-0.05, 0) is 28.1 Å². The lowest BCUT2D eigenvalue weighted by molar-refractivity contribution is -0.136. The molecule has 2 aromatic rings. The summed E-state index contributed by atoms with van der Waals surface area (Å²) >= 11 is 3.52. The first-order valence-electron chi connectivity index (χ1n) is 6.11. The maximum atomic E-state index is 10.7. The molecular weight excluding hydrogens is 324 g/mol. The molecule has 0 saturated carbocycles. The quantitative estimate of drug-likeness (QED) is 0.910. The molecule has 5 nitrogen and oxygen atoms in total. The first kappa shape index (κ1) is 14.6. The van der Waals surface area contributed by atoms with Gasteiger partial charge < -0.3 is 9.84 Å². The van der Waals surface area contributed by atoms with E-state index in [4.69, 9.17) is 9.84 Å². The molecule has 2 rings (SSSR count). The molecule has 0 aliphatic rings. The van der Waals surface area contributed by atoms with Gasteiger partial charge >= 0.3 is 5.97 Å². The predicted octanol–water partition coefficient (Wildman–Crippen LogP) is 2.88. The Balaban J connectivity index is 2.44. The molecule has 1 heterocycles. The van der Waals surface area contributed by atoms with E-state index in [0.717, 1.165) is 27.2 Å². The minimum absolute atomic E-state index is 0.0565. The minimum Gasteiger partial charge on any atom is -0.496 e. The summed E-state index contributed by atoms with van der Waals surface area (Å²) in [7, 11) is 3.45. The van der Waals surface area contributed by atoms with E-state index in [1.807, 2.05) is 31.3 Å². The fourth-order valence-corrected chi connectivity index (χ4v) is 2.82. The summed E-state index contributed by atoms with van der Waals surface area (Å²) in [6.45, 7) is 0. The van der Waals surface area contributed by atoms with Crippen LogP contribution in [0.4, 0.5) is 0 Å². The second-order valence-electron chi connectivity index (χ2n) is 4.33. The highest BCUT2D eigenvalue weighted by Crippen LogP contribution is 2.36. The van der Waals surface area contributed by atoms with Crippen LogP contribution in [0, 0.1) is 0 Å². The second-order valence-corrected chi connectivity index (χ2v) is 5.12. The zero-order valence-electron chi connectivity index (χ0n) is 11.3. The monoisotopic (exact) mass is 338 g/mol. The van der Waals surface area contributed by atoms with Gasteiger partial charge in [-0.25, -0.2) is 0 Å². The normalized spacial score (nSPS) is 10.6. The highest BCUT2D eigenvalue weighted by Gasteiger charge is 2.18. The van der Waals surface area contributed by atoms with Crippen molar-refractivity contribution in [3.05, 3.63) is 34.4 Å². The van der Waals surface area contributed by atoms with E-state index in [1.54, 1.807) is 11.8 Å². The van der Waals surface area contributed by atoms with Crippen LogP contribution in [-0.2, 0) is 18.3 Å². The number of carboxylic acids is 1. The van der Waals surface area contributed by atoms with E-state index in [-0.39, 0.29) is 6.42 Å². The molecule has 0 bridgehead atoms. The summed E-state index contributed by atoms with van der Waals surface area (Å²) < 4.78 is 7.91. The van der Waals surface area contributed by atoms with Crippen molar-refractivity contribution in [3.8, 4) is 17.0 Å². The number of ether oxygens (including phenoxy) is 1. The number of para-hydroxylation sites is 1. The highest BCUT2D eigenvalue weighted by molar-refractivity contribution is 9.10. The Hall–Kier alpha value is -1.82. The average molecular weight is 339 g/mol. The molecule has 0 unspecified atom stereocenters. The molecule has 6 heteroatoms. The molecule has 0 aliphatic heterocycles. The molecule has 0 amide bonds. The Labute approximate surface area is 125 Å². The van der Waals surface area contributed by atoms with Crippen LogP contribution in [0.3, 0.4) is 0 Å². The minimum atomic E-state index is -0.832. The van der Waals surface area contributed by atoms with E-state index in [0.29, 0.717) is 6.42 Å². The fraction of sp³-hybridized carbons (Fsp3) is 0.286. The van der Waals surface area contributed by atoms with Crippen molar-refractivity contribution in [3.63, 3.8) is 0 Å². The molecule has 1 aromatic carbocycles. The topological polar surface area (TPSA) is 64.3 Å². The number of hydrogen-bond donors (Lipinski definition) is 1. The summed E-state index contributed by atoms with van der Waals surface area (Å²) in [4.78, 5) is 10.7. The molecule has 1 aromatic heterocycles. The van der Waals surface area contributed by atoms with Crippen molar-refractivity contribution >= 4 is 21.9 Å². The van der Waals surface area contributed by atoms with E-state index < -0.39 is 5.97 Å². The van der Waals surface area contributed by atoms with Crippen LogP contribution in [0.25, 0.3) is 11.3 Å². The molecule has 20 heavy (non-hydrogen) atoms. The Bertz CT molecular complexity index is 637. The Morgan fingerprint density at radius 3 is 2.80 bits per heavy atom. The molecule has 0 fully saturated rings. The lowest BCUT2D eigenvalue weighted by Gasteiger charge is -2.08. The molecule has 0 aliphatic carbocycles. The lowest BCUT2D eigenvalue weighted by Crippen LogP contribution is -1.99. The molecular formula is C14H15BrN2O3. The third-order valence-corrected chi connectivity index (χ3v) is 3.83. The van der Waals surface area contributed by atoms with Crippen LogP contribution in [0.2, 0.25) is 0 Å². The van der Waals surface area contributed by atoms with Crippen LogP contribution in [0.15, 0.2) is 28.7 Å². The summed E-state index contributed by atoms with van der Waals surface area (Å²) in [5, 5.41) is 13.2. The second kappa shape index (κ2) is 6.09. The molecule has 106 valence electrons. The molecule has 0 atom stereocenters. The highest BCUT2D eigenvalue weighted by atomic mass is 79.9. The first-order valence-corrected chi connectivity index (χ1v) is 6.90. The number of carbonyl (C=O) groups is 1. The molecule has 0 saturated heterocycles. The molecule has 0 spiro atoms. The fourth-order valence-electron chi connectivity index (χ4n) is 2.07. The van der Waals surface area contributed by atoms with Crippen molar-refractivity contribution in [2.75, 3.05) is 7.11 Å². The van der Waals surface area contributed by atoms with Gasteiger partial charge in [-0.1, -0.05) is 12.1 Å². The summed E-state index contributed by atoms with van der Waals surface area (Å²) in [6.07, 6.45) is 0.444. The van der Waals surface area contributed by atoms with Gasteiger partial charge in [0.15, 0.2) is 0 Å². The van der Waals surface area contributed by atoms with Gasteiger partial charge in [-0.3, -0.25) is 9.48 Å². The van der Waals surface area contributed by atoms with Crippen molar-refractivity contribution in [2.45, 2.75) is 12.8 Å². The number of methoxy groups -OCH3 is 1. The number of halogens is 1. The average Bonchev–Trinajstić information content (AvgIpc) is 2.71. The lowest BCUT2D eigenvalue weighted by atomic mass is 10.1. The third-order valence-electron chi connectivity index (χ3n) is 2.99. The van der Waals surface area contributed by atoms with Gasteiger partial charge in [0.1, 0.15) is 5.75 Å². The van der Waals surface area contributed by atoms with Crippen molar-refractivity contribution in [2.24, 2.45) is 7.05 Å². The standard InChI is InChI=1S/C14H15BrN2O3/c1-17-14(9-5-3-4-6-11(9)20-2)13(15)10(16-17)7-8-12(18)19/h3-6H,7-8H2,1-2H3,(H,18,19). The van der Waals surface area contributed by atoms with Gasteiger partial charge in [0.05, 0.1) is 29.4 Å². The van der Waals surface area contributed by atoms with Gasteiger partial charge in [-0.2, -0.15) is 5.10 Å². The van der Waals surface area contributed by atoms with Crippen LogP contribution < -0.4 is 4.74 Å². The SMILES string of the molecule is COc1ccccc1-c1c(Br)c(CCC(=O)O)nn1C. The number of aliphatic carboxylic acids is 1. The van der Waals surface area contributed by atoms with Gasteiger partial charge in [-0.15, -0.1) is 0 Å². The number of aryl methyl sites for hydroxylation is 2. The zero-order valence-corrected chi connectivity index (χ0v) is 12.8. The van der Waals surface area contributed by atoms with Crippen LogP contribution >= 0.6 is 15.9 Å². The first-order chi connectivity index (χ1) is 9.54. The molecule has 0 radical (unpaired) electrons. The Kier molecular flexibility index (Phi) is 4.44. The number of carboxylic acid groups (broad SMARTS) is 1. The number of hydrogen-bond acceptors (Lipinski definition) is 3. The largest absolute Gasteiger partial charge is 0.496 e. The van der Waals surface area contributed by atoms with E-state index in [9.17, 15) is 4.79 Å². The van der Waals surface area contributed by atoms with E-state index in [1.165, 1.54) is 0 Å². The third kappa shape index (κ3) is 2.85. The van der Waals surface area contributed by atoms with Gasteiger partial charge in [0.2, 0.25) is 0 Å².